The molecule has 3 nitrogen and oxygen atoms in total. The monoisotopic (exact) mass is 453 g/mol. The lowest BCUT2D eigenvalue weighted by Gasteiger charge is -2.22. The molecular formula is C26H16BrNO2. The number of nitrogens with zero attached hydrogens (tertiary/aromatic N) is 1. The van der Waals surface area contributed by atoms with E-state index in [1.54, 1.807) is 12.1 Å². The molecule has 144 valence electrons. The van der Waals surface area contributed by atoms with Crippen LogP contribution >= 0.6 is 15.9 Å². The van der Waals surface area contributed by atoms with Gasteiger partial charge in [-0.1, -0.05) is 76.6 Å². The van der Waals surface area contributed by atoms with Crippen molar-refractivity contribution in [2.24, 2.45) is 0 Å². The highest BCUT2D eigenvalue weighted by molar-refractivity contribution is 9.10. The van der Waals surface area contributed by atoms with Crippen LogP contribution in [0, 0.1) is 0 Å². The van der Waals surface area contributed by atoms with E-state index in [9.17, 15) is 9.59 Å². The van der Waals surface area contributed by atoms with Gasteiger partial charge in [0, 0.05) is 27.7 Å². The van der Waals surface area contributed by atoms with Gasteiger partial charge < -0.3 is 4.57 Å². The second-order valence-electron chi connectivity index (χ2n) is 7.72. The van der Waals surface area contributed by atoms with Gasteiger partial charge in [-0.25, -0.2) is 0 Å². The van der Waals surface area contributed by atoms with E-state index in [4.69, 9.17) is 0 Å². The highest BCUT2D eigenvalue weighted by Gasteiger charge is 2.39. The maximum Gasteiger partial charge on any atom is 0.196 e. The molecule has 0 unspecified atom stereocenters. The van der Waals surface area contributed by atoms with Gasteiger partial charge in [0.2, 0.25) is 0 Å². The van der Waals surface area contributed by atoms with E-state index in [0.29, 0.717) is 22.3 Å². The van der Waals surface area contributed by atoms with E-state index in [0.717, 1.165) is 40.0 Å². The smallest absolute Gasteiger partial charge is 0.196 e. The second kappa shape index (κ2) is 6.38. The standard InChI is InChI=1S/C26H16BrNO2/c27-17-11-10-15-12-13-28-23(16-6-2-1-3-7-16)21-22(24(28)20(15)14-17)26(30)19-9-5-4-8-18(19)25(21)29/h1-11,14H,12-13H2. The Balaban J connectivity index is 1.77. The molecule has 3 aromatic carbocycles. The average Bonchev–Trinajstić information content (AvgIpc) is 3.14. The number of fused-ring (bicyclic) bond motifs is 6. The number of rotatable bonds is 1. The van der Waals surface area contributed by atoms with Crippen LogP contribution in [-0.2, 0) is 13.0 Å². The van der Waals surface area contributed by atoms with Crippen molar-refractivity contribution in [3.8, 4) is 22.5 Å². The van der Waals surface area contributed by atoms with Crippen LogP contribution in [0.2, 0.25) is 0 Å². The third-order valence-corrected chi connectivity index (χ3v) is 6.61. The molecule has 2 heterocycles. The number of carbonyl (C=O) groups is 2. The highest BCUT2D eigenvalue weighted by atomic mass is 79.9. The number of carbonyl (C=O) groups excluding carboxylic acids is 2. The average molecular weight is 454 g/mol. The van der Waals surface area contributed by atoms with Gasteiger partial charge >= 0.3 is 0 Å². The number of halogens is 1. The van der Waals surface area contributed by atoms with E-state index in [2.05, 4.69) is 32.6 Å². The fourth-order valence-corrected chi connectivity index (χ4v) is 5.19. The molecule has 4 aromatic rings. The van der Waals surface area contributed by atoms with Crippen molar-refractivity contribution >= 4 is 27.5 Å². The summed E-state index contributed by atoms with van der Waals surface area (Å²) in [5.41, 5.74) is 6.94. The minimum Gasteiger partial charge on any atom is -0.339 e. The highest BCUT2D eigenvalue weighted by Crippen LogP contribution is 2.45. The molecule has 0 fully saturated rings. The van der Waals surface area contributed by atoms with Gasteiger partial charge in [-0.05, 0) is 29.7 Å². The molecule has 0 N–H and O–H groups in total. The number of ketones is 2. The maximum atomic E-state index is 13.7. The topological polar surface area (TPSA) is 39.1 Å². The van der Waals surface area contributed by atoms with Crippen LogP contribution in [0.1, 0.15) is 37.4 Å². The summed E-state index contributed by atoms with van der Waals surface area (Å²) in [6.45, 7) is 0.734. The van der Waals surface area contributed by atoms with Gasteiger partial charge in [-0.15, -0.1) is 0 Å². The molecule has 1 aromatic heterocycles. The van der Waals surface area contributed by atoms with Crippen molar-refractivity contribution in [2.75, 3.05) is 0 Å². The molecule has 0 bridgehead atoms. The van der Waals surface area contributed by atoms with E-state index in [1.165, 1.54) is 5.56 Å². The predicted molar refractivity (Wildman–Crippen MR) is 120 cm³/mol. The molecule has 0 saturated heterocycles. The van der Waals surface area contributed by atoms with Crippen molar-refractivity contribution in [1.29, 1.82) is 0 Å². The molecule has 0 radical (unpaired) electrons. The second-order valence-corrected chi connectivity index (χ2v) is 8.64. The Kier molecular flexibility index (Phi) is 3.74. The molecule has 0 amide bonds. The first-order valence-corrected chi connectivity index (χ1v) is 10.7. The molecule has 6 rings (SSSR count). The molecule has 30 heavy (non-hydrogen) atoms. The first-order valence-electron chi connectivity index (χ1n) is 9.94. The van der Waals surface area contributed by atoms with Gasteiger partial charge in [0.25, 0.3) is 0 Å². The lowest BCUT2D eigenvalue weighted by atomic mass is 9.82. The summed E-state index contributed by atoms with van der Waals surface area (Å²) in [7, 11) is 0. The number of aryl methyl sites for hydroxylation is 1. The van der Waals surface area contributed by atoms with Crippen LogP contribution < -0.4 is 0 Å². The summed E-state index contributed by atoms with van der Waals surface area (Å²) in [5, 5.41) is 0. The van der Waals surface area contributed by atoms with E-state index < -0.39 is 0 Å². The maximum absolute atomic E-state index is 13.7. The van der Waals surface area contributed by atoms with Crippen LogP contribution in [-0.4, -0.2) is 16.1 Å². The first kappa shape index (κ1) is 17.6. The Morgan fingerprint density at radius 3 is 2.03 bits per heavy atom. The number of aromatic nitrogens is 1. The Bertz CT molecular complexity index is 1380. The molecule has 0 atom stereocenters. The Labute approximate surface area is 182 Å². The van der Waals surface area contributed by atoms with E-state index in [-0.39, 0.29) is 11.6 Å². The predicted octanol–water partition coefficient (Wildman–Crippen LogP) is 5.92. The van der Waals surface area contributed by atoms with Crippen LogP contribution in [0.25, 0.3) is 22.5 Å². The lowest BCUT2D eigenvalue weighted by molar-refractivity contribution is 0.0981. The summed E-state index contributed by atoms with van der Waals surface area (Å²) < 4.78 is 3.14. The molecule has 0 saturated carbocycles. The zero-order chi connectivity index (χ0) is 20.4. The molecule has 0 spiro atoms. The third-order valence-electron chi connectivity index (χ3n) is 6.11. The summed E-state index contributed by atoms with van der Waals surface area (Å²) in [4.78, 5) is 27.4. The first-order chi connectivity index (χ1) is 14.6. The molecule has 1 aliphatic carbocycles. The minimum absolute atomic E-state index is 0.0704. The fraction of sp³-hybridized carbons (Fsp3) is 0.0769. The number of benzene rings is 3. The van der Waals surface area contributed by atoms with Crippen molar-refractivity contribution in [3.05, 3.63) is 105 Å². The van der Waals surface area contributed by atoms with Gasteiger partial charge in [-0.2, -0.15) is 0 Å². The summed E-state index contributed by atoms with van der Waals surface area (Å²) in [6, 6.07) is 23.3. The summed E-state index contributed by atoms with van der Waals surface area (Å²) >= 11 is 3.58. The number of hydrogen-bond acceptors (Lipinski definition) is 2. The van der Waals surface area contributed by atoms with Crippen molar-refractivity contribution in [2.45, 2.75) is 13.0 Å². The van der Waals surface area contributed by atoms with Crippen molar-refractivity contribution in [1.82, 2.24) is 4.57 Å². The molecule has 4 heteroatoms. The van der Waals surface area contributed by atoms with E-state index in [1.807, 2.05) is 48.5 Å². The summed E-state index contributed by atoms with van der Waals surface area (Å²) in [6.07, 6.45) is 0.859. The minimum atomic E-state index is -0.0718. The summed E-state index contributed by atoms with van der Waals surface area (Å²) in [5.74, 6) is -0.142. The van der Waals surface area contributed by atoms with Crippen molar-refractivity contribution < 1.29 is 9.59 Å². The van der Waals surface area contributed by atoms with Crippen LogP contribution in [0.5, 0.6) is 0 Å². The molecule has 2 aliphatic rings. The largest absolute Gasteiger partial charge is 0.339 e. The normalized spacial score (nSPS) is 14.0. The lowest BCUT2D eigenvalue weighted by Crippen LogP contribution is -2.20. The third kappa shape index (κ3) is 2.31. The Morgan fingerprint density at radius 2 is 1.33 bits per heavy atom. The van der Waals surface area contributed by atoms with E-state index >= 15 is 0 Å². The fourth-order valence-electron chi connectivity index (χ4n) is 4.83. The van der Waals surface area contributed by atoms with Gasteiger partial charge in [-0.3, -0.25) is 9.59 Å². The SMILES string of the molecule is O=C1c2ccccc2C(=O)c2c1c(-c1ccccc1)n1c2-c2cc(Br)ccc2CC1. The Hall–Kier alpha value is -3.24. The van der Waals surface area contributed by atoms with Crippen LogP contribution in [0.15, 0.2) is 77.3 Å². The van der Waals surface area contributed by atoms with Crippen molar-refractivity contribution in [3.63, 3.8) is 0 Å². The van der Waals surface area contributed by atoms with Gasteiger partial charge in [0.15, 0.2) is 11.6 Å². The van der Waals surface area contributed by atoms with Crippen LogP contribution in [0.3, 0.4) is 0 Å². The zero-order valence-corrected chi connectivity index (χ0v) is 17.6. The zero-order valence-electron chi connectivity index (χ0n) is 16.0. The molecular weight excluding hydrogens is 438 g/mol. The molecule has 1 aliphatic heterocycles. The Morgan fingerprint density at radius 1 is 0.700 bits per heavy atom. The number of hydrogen-bond donors (Lipinski definition) is 0. The van der Waals surface area contributed by atoms with Crippen LogP contribution in [0.4, 0.5) is 0 Å². The quantitative estimate of drug-likeness (QED) is 0.316. The van der Waals surface area contributed by atoms with Gasteiger partial charge in [0.1, 0.15) is 0 Å². The van der Waals surface area contributed by atoms with Gasteiger partial charge in [0.05, 0.1) is 22.5 Å².